The molecule has 2 aliphatic heterocycles. The van der Waals surface area contributed by atoms with Crippen LogP contribution in [0.3, 0.4) is 0 Å². The third-order valence-electron chi connectivity index (χ3n) is 5.45. The maximum Gasteiger partial charge on any atom is 0.263 e. The molecule has 2 aromatic carbocycles. The van der Waals surface area contributed by atoms with E-state index in [0.717, 1.165) is 29.7 Å². The van der Waals surface area contributed by atoms with Crippen LogP contribution in [0.2, 0.25) is 0 Å². The molecule has 1 unspecified atom stereocenters. The van der Waals surface area contributed by atoms with Crippen molar-refractivity contribution in [3.63, 3.8) is 0 Å². The molecule has 1 atom stereocenters. The minimum atomic E-state index is -1.20. The van der Waals surface area contributed by atoms with Crippen molar-refractivity contribution in [2.45, 2.75) is 37.8 Å². The summed E-state index contributed by atoms with van der Waals surface area (Å²) < 4.78 is 20.2. The Hall–Kier alpha value is -1.99. The van der Waals surface area contributed by atoms with Crippen molar-refractivity contribution in [1.29, 1.82) is 0 Å². The highest BCUT2D eigenvalue weighted by atomic mass is 79.9. The first-order chi connectivity index (χ1) is 13.1. The molecule has 0 aromatic heterocycles. The number of halogens is 2. The molecule has 0 spiro atoms. The minimum Gasteiger partial charge on any atom is -0.488 e. The highest BCUT2D eigenvalue weighted by Crippen LogP contribution is 2.41. The van der Waals surface area contributed by atoms with E-state index >= 15 is 0 Å². The third kappa shape index (κ3) is 2.92. The molecule has 0 bridgehead atoms. The average Bonchev–Trinajstić information content (AvgIpc) is 2.88. The number of nitrogens with zero attached hydrogens (tertiary/aromatic N) is 1. The maximum atomic E-state index is 13.9. The van der Waals surface area contributed by atoms with Gasteiger partial charge in [-0.2, -0.15) is 0 Å². The molecule has 28 heavy (non-hydrogen) atoms. The van der Waals surface area contributed by atoms with E-state index in [0.29, 0.717) is 15.1 Å². The van der Waals surface area contributed by atoms with Gasteiger partial charge < -0.3 is 10.1 Å². The number of hydrogen-bond acceptors (Lipinski definition) is 3. The number of benzene rings is 2. The number of carbonyl (C=O) groups is 1. The molecule has 0 radical (unpaired) electrons. The molecule has 1 saturated heterocycles. The summed E-state index contributed by atoms with van der Waals surface area (Å²) in [6.07, 6.45) is 1.74. The molecule has 7 heteroatoms. The summed E-state index contributed by atoms with van der Waals surface area (Å²) in [5.41, 5.74) is 1.01. The van der Waals surface area contributed by atoms with Gasteiger partial charge in [0.25, 0.3) is 5.91 Å². The molecule has 0 saturated carbocycles. The van der Waals surface area contributed by atoms with E-state index in [9.17, 15) is 9.18 Å². The van der Waals surface area contributed by atoms with Gasteiger partial charge in [-0.3, -0.25) is 9.69 Å². The van der Waals surface area contributed by atoms with E-state index in [1.165, 1.54) is 11.0 Å². The number of thiocarbonyl (C=S) groups is 1. The number of likely N-dealkylation sites (N-methyl/N-ethyl adjacent to an activating group) is 1. The van der Waals surface area contributed by atoms with Crippen LogP contribution in [-0.2, 0) is 16.8 Å². The summed E-state index contributed by atoms with van der Waals surface area (Å²) in [6.45, 7) is 4.13. The SMILES string of the molecule is CN1C(=O)C(c2ccc(F)c(Br)c2)(c2ccc3c(c2)CCC(C)(C)O3)NC1=S. The fraction of sp³-hybridized carbons (Fsp3) is 0.333. The lowest BCUT2D eigenvalue weighted by molar-refractivity contribution is -0.129. The van der Waals surface area contributed by atoms with Crippen LogP contribution < -0.4 is 10.1 Å². The van der Waals surface area contributed by atoms with E-state index in [1.807, 2.05) is 18.2 Å². The van der Waals surface area contributed by atoms with Gasteiger partial charge >= 0.3 is 0 Å². The van der Waals surface area contributed by atoms with Crippen LogP contribution in [0.25, 0.3) is 0 Å². The molecule has 2 aliphatic rings. The molecular weight excluding hydrogens is 443 g/mol. The Balaban J connectivity index is 1.89. The molecule has 2 aromatic rings. The molecule has 146 valence electrons. The van der Waals surface area contributed by atoms with Crippen LogP contribution in [0.15, 0.2) is 40.9 Å². The number of fused-ring (bicyclic) bond motifs is 1. The number of nitrogens with one attached hydrogen (secondary N) is 1. The fourth-order valence-corrected chi connectivity index (χ4v) is 4.44. The zero-order chi connectivity index (χ0) is 20.3. The smallest absolute Gasteiger partial charge is 0.263 e. The predicted octanol–water partition coefficient (Wildman–Crippen LogP) is 4.28. The fourth-order valence-electron chi connectivity index (χ4n) is 3.82. The second-order valence-corrected chi connectivity index (χ2v) is 9.10. The highest BCUT2D eigenvalue weighted by molar-refractivity contribution is 9.10. The van der Waals surface area contributed by atoms with Crippen molar-refractivity contribution in [1.82, 2.24) is 10.2 Å². The van der Waals surface area contributed by atoms with Crippen molar-refractivity contribution in [3.05, 3.63) is 63.4 Å². The van der Waals surface area contributed by atoms with Gasteiger partial charge in [0.2, 0.25) is 0 Å². The van der Waals surface area contributed by atoms with Gasteiger partial charge in [-0.05, 0) is 95.8 Å². The summed E-state index contributed by atoms with van der Waals surface area (Å²) in [4.78, 5) is 14.8. The van der Waals surface area contributed by atoms with Gasteiger partial charge in [0, 0.05) is 7.05 Å². The lowest BCUT2D eigenvalue weighted by atomic mass is 9.81. The molecule has 4 rings (SSSR count). The van der Waals surface area contributed by atoms with Gasteiger partial charge in [0.05, 0.1) is 4.47 Å². The maximum absolute atomic E-state index is 13.9. The predicted molar refractivity (Wildman–Crippen MR) is 113 cm³/mol. The Morgan fingerprint density at radius 2 is 1.89 bits per heavy atom. The van der Waals surface area contributed by atoms with Crippen molar-refractivity contribution >= 4 is 39.2 Å². The largest absolute Gasteiger partial charge is 0.488 e. The zero-order valence-electron chi connectivity index (χ0n) is 15.8. The Kier molecular flexibility index (Phi) is 4.50. The van der Waals surface area contributed by atoms with Crippen molar-refractivity contribution in [2.24, 2.45) is 0 Å². The van der Waals surface area contributed by atoms with Crippen LogP contribution in [0.1, 0.15) is 37.0 Å². The third-order valence-corrected chi connectivity index (χ3v) is 6.44. The molecule has 1 amide bonds. The molecule has 0 aliphatic carbocycles. The monoisotopic (exact) mass is 462 g/mol. The van der Waals surface area contributed by atoms with E-state index in [2.05, 4.69) is 35.1 Å². The number of carbonyl (C=O) groups excluding carboxylic acids is 1. The first-order valence-electron chi connectivity index (χ1n) is 9.02. The molecular formula is C21H20BrFN2O2S. The number of amides is 1. The van der Waals surface area contributed by atoms with Gasteiger partial charge in [-0.1, -0.05) is 12.1 Å². The Morgan fingerprint density at radius 3 is 2.54 bits per heavy atom. The van der Waals surface area contributed by atoms with Crippen LogP contribution in [0, 0.1) is 5.82 Å². The molecule has 1 N–H and O–H groups in total. The van der Waals surface area contributed by atoms with Gasteiger partial charge in [0.15, 0.2) is 10.7 Å². The summed E-state index contributed by atoms with van der Waals surface area (Å²) in [5, 5.41) is 3.53. The topological polar surface area (TPSA) is 41.6 Å². The highest BCUT2D eigenvalue weighted by Gasteiger charge is 2.51. The first-order valence-corrected chi connectivity index (χ1v) is 10.2. The summed E-state index contributed by atoms with van der Waals surface area (Å²) in [7, 11) is 1.64. The van der Waals surface area contributed by atoms with Crippen molar-refractivity contribution in [3.8, 4) is 5.75 Å². The molecule has 1 fully saturated rings. The Morgan fingerprint density at radius 1 is 1.21 bits per heavy atom. The molecule has 2 heterocycles. The molecule has 4 nitrogen and oxygen atoms in total. The van der Waals surface area contributed by atoms with Crippen LogP contribution in [0.4, 0.5) is 4.39 Å². The number of rotatable bonds is 2. The summed E-state index contributed by atoms with van der Waals surface area (Å²) >= 11 is 8.59. The Bertz CT molecular complexity index is 1010. The van der Waals surface area contributed by atoms with Crippen LogP contribution >= 0.6 is 28.1 Å². The number of hydrogen-bond donors (Lipinski definition) is 1. The normalized spacial score (nSPS) is 23.2. The quantitative estimate of drug-likeness (QED) is 0.676. The summed E-state index contributed by atoms with van der Waals surface area (Å²) in [5.74, 6) is 0.242. The number of ether oxygens (including phenoxy) is 1. The standard InChI is InChI=1S/C21H20BrFN2O2S/c1-20(2)9-8-12-10-13(5-7-17(12)27-20)21(18(26)25(3)19(28)24-21)14-4-6-16(23)15(22)11-14/h4-7,10-11H,8-9H2,1-3H3,(H,24,28). The van der Waals surface area contributed by atoms with Gasteiger partial charge in [0.1, 0.15) is 17.2 Å². The van der Waals surface area contributed by atoms with E-state index in [-0.39, 0.29) is 17.3 Å². The minimum absolute atomic E-state index is 0.201. The lowest BCUT2D eigenvalue weighted by Crippen LogP contribution is -2.45. The zero-order valence-corrected chi connectivity index (χ0v) is 18.2. The average molecular weight is 463 g/mol. The van der Waals surface area contributed by atoms with E-state index in [1.54, 1.807) is 19.2 Å². The first kappa shape index (κ1) is 19.3. The van der Waals surface area contributed by atoms with Crippen LogP contribution in [-0.4, -0.2) is 28.6 Å². The second-order valence-electron chi connectivity index (χ2n) is 7.86. The number of aryl methyl sites for hydroxylation is 1. The van der Waals surface area contributed by atoms with E-state index < -0.39 is 5.54 Å². The lowest BCUT2D eigenvalue weighted by Gasteiger charge is -2.34. The van der Waals surface area contributed by atoms with Crippen molar-refractivity contribution < 1.29 is 13.9 Å². The van der Waals surface area contributed by atoms with Gasteiger partial charge in [-0.25, -0.2) is 4.39 Å². The van der Waals surface area contributed by atoms with E-state index in [4.69, 9.17) is 17.0 Å². The van der Waals surface area contributed by atoms with Crippen LogP contribution in [0.5, 0.6) is 5.75 Å². The van der Waals surface area contributed by atoms with Gasteiger partial charge in [-0.15, -0.1) is 0 Å². The van der Waals surface area contributed by atoms with Crippen molar-refractivity contribution in [2.75, 3.05) is 7.05 Å². The summed E-state index contributed by atoms with van der Waals surface area (Å²) in [6, 6.07) is 10.4. The second kappa shape index (κ2) is 6.52. The Labute approximate surface area is 177 Å².